The lowest BCUT2D eigenvalue weighted by molar-refractivity contribution is 0.295. The quantitative estimate of drug-likeness (QED) is 0.684. The van der Waals surface area contributed by atoms with Crippen molar-refractivity contribution in [3.8, 4) is 0 Å². The molecule has 0 atom stereocenters. The number of benzene rings is 2. The fourth-order valence-corrected chi connectivity index (χ4v) is 2.57. The Morgan fingerprint density at radius 1 is 0.944 bits per heavy atom. The minimum absolute atomic E-state index is 0.319. The summed E-state index contributed by atoms with van der Waals surface area (Å²) >= 11 is 1.82. The van der Waals surface area contributed by atoms with Crippen LogP contribution in [0.5, 0.6) is 0 Å². The molecule has 18 heavy (non-hydrogen) atoms. The number of fused-ring (bicyclic) bond motifs is 2. The van der Waals surface area contributed by atoms with Gasteiger partial charge in [-0.05, 0) is 30.7 Å². The zero-order chi connectivity index (χ0) is 12.8. The number of hydrogen-bond donors (Lipinski definition) is 2. The zero-order valence-corrected chi connectivity index (χ0v) is 11.2. The van der Waals surface area contributed by atoms with Crippen molar-refractivity contribution in [3.63, 3.8) is 0 Å². The van der Waals surface area contributed by atoms with E-state index in [0.717, 1.165) is 6.42 Å². The van der Waals surface area contributed by atoms with Gasteiger partial charge < -0.3 is 10.4 Å². The van der Waals surface area contributed by atoms with E-state index < -0.39 is 0 Å². The molecule has 2 aromatic carbocycles. The molecule has 1 aliphatic rings. The standard InChI is InChI=1S/C12H9NS.C3H8O/c1-3-7-11-9(5-1)13-10-6-2-4-8-12(10)14-11;1-2-3-4/h1-8,13H;4H,2-3H2,1H3. The van der Waals surface area contributed by atoms with Gasteiger partial charge in [-0.1, -0.05) is 43.0 Å². The zero-order valence-electron chi connectivity index (χ0n) is 10.4. The summed E-state index contributed by atoms with van der Waals surface area (Å²) in [5.41, 5.74) is 2.41. The fourth-order valence-electron chi connectivity index (χ4n) is 1.58. The van der Waals surface area contributed by atoms with Crippen LogP contribution in [0.2, 0.25) is 0 Å². The molecule has 2 aromatic rings. The number of rotatable bonds is 1. The van der Waals surface area contributed by atoms with Crippen LogP contribution in [-0.2, 0) is 0 Å². The molecule has 0 radical (unpaired) electrons. The lowest BCUT2D eigenvalue weighted by Gasteiger charge is -2.19. The van der Waals surface area contributed by atoms with Crippen LogP contribution in [0.25, 0.3) is 0 Å². The largest absolute Gasteiger partial charge is 0.396 e. The molecule has 1 heterocycles. The Morgan fingerprint density at radius 2 is 1.39 bits per heavy atom. The summed E-state index contributed by atoms with van der Waals surface area (Å²) in [4.78, 5) is 2.59. The molecule has 0 saturated heterocycles. The summed E-state index contributed by atoms with van der Waals surface area (Å²) in [5, 5.41) is 11.3. The van der Waals surface area contributed by atoms with E-state index in [1.165, 1.54) is 21.2 Å². The van der Waals surface area contributed by atoms with E-state index in [2.05, 4.69) is 53.8 Å². The van der Waals surface area contributed by atoms with Gasteiger partial charge in [-0.15, -0.1) is 0 Å². The van der Waals surface area contributed by atoms with Gasteiger partial charge >= 0.3 is 0 Å². The normalized spacial score (nSPS) is 11.4. The van der Waals surface area contributed by atoms with E-state index >= 15 is 0 Å². The number of aliphatic hydroxyl groups is 1. The van der Waals surface area contributed by atoms with E-state index in [9.17, 15) is 0 Å². The van der Waals surface area contributed by atoms with Gasteiger partial charge in [0.1, 0.15) is 0 Å². The van der Waals surface area contributed by atoms with Gasteiger partial charge in [0, 0.05) is 16.4 Å². The Bertz CT molecular complexity index is 424. The van der Waals surface area contributed by atoms with E-state index in [1.807, 2.05) is 18.7 Å². The number of hydrogen-bond acceptors (Lipinski definition) is 3. The molecule has 0 aromatic heterocycles. The first kappa shape index (κ1) is 13.0. The fraction of sp³-hybridized carbons (Fsp3) is 0.200. The molecule has 2 N–H and O–H groups in total. The summed E-state index contributed by atoms with van der Waals surface area (Å²) in [5.74, 6) is 0. The summed E-state index contributed by atoms with van der Waals surface area (Å²) in [6.07, 6.45) is 0.875. The van der Waals surface area contributed by atoms with Gasteiger partial charge in [-0.25, -0.2) is 0 Å². The first-order valence-corrected chi connectivity index (χ1v) is 6.90. The second-order valence-electron chi connectivity index (χ2n) is 3.94. The van der Waals surface area contributed by atoms with Crippen molar-refractivity contribution in [3.05, 3.63) is 48.5 Å². The molecular formula is C15H17NOS. The highest BCUT2D eigenvalue weighted by Gasteiger charge is 2.13. The van der Waals surface area contributed by atoms with Gasteiger partial charge in [0.15, 0.2) is 0 Å². The van der Waals surface area contributed by atoms with E-state index in [0.29, 0.717) is 6.61 Å². The van der Waals surface area contributed by atoms with Crippen molar-refractivity contribution in [1.29, 1.82) is 0 Å². The van der Waals surface area contributed by atoms with Crippen LogP contribution >= 0.6 is 11.8 Å². The first-order chi connectivity index (χ1) is 8.85. The minimum Gasteiger partial charge on any atom is -0.396 e. The van der Waals surface area contributed by atoms with Crippen LogP contribution in [0.15, 0.2) is 58.3 Å². The average molecular weight is 259 g/mol. The molecule has 0 bridgehead atoms. The Balaban J connectivity index is 0.000000267. The summed E-state index contributed by atoms with van der Waals surface area (Å²) < 4.78 is 0. The van der Waals surface area contributed by atoms with Crippen molar-refractivity contribution in [2.75, 3.05) is 11.9 Å². The van der Waals surface area contributed by atoms with Crippen LogP contribution in [-0.4, -0.2) is 11.7 Å². The highest BCUT2D eigenvalue weighted by atomic mass is 32.2. The maximum absolute atomic E-state index is 7.88. The summed E-state index contributed by atoms with van der Waals surface area (Å²) in [6, 6.07) is 16.8. The van der Waals surface area contributed by atoms with E-state index in [-0.39, 0.29) is 0 Å². The molecule has 94 valence electrons. The first-order valence-electron chi connectivity index (χ1n) is 6.09. The lowest BCUT2D eigenvalue weighted by Crippen LogP contribution is -1.98. The molecule has 0 saturated carbocycles. The minimum atomic E-state index is 0.319. The van der Waals surface area contributed by atoms with Gasteiger partial charge in [-0.2, -0.15) is 0 Å². The molecule has 3 rings (SSSR count). The Labute approximate surface area is 112 Å². The Morgan fingerprint density at radius 3 is 1.83 bits per heavy atom. The third kappa shape index (κ3) is 3.06. The second-order valence-corrected chi connectivity index (χ2v) is 5.03. The molecule has 0 spiro atoms. The number of anilines is 2. The van der Waals surface area contributed by atoms with Crippen LogP contribution in [0.1, 0.15) is 13.3 Å². The highest BCUT2D eigenvalue weighted by molar-refractivity contribution is 7.99. The van der Waals surface area contributed by atoms with Crippen molar-refractivity contribution in [1.82, 2.24) is 0 Å². The maximum atomic E-state index is 7.88. The van der Waals surface area contributed by atoms with Crippen LogP contribution in [0.3, 0.4) is 0 Å². The molecule has 0 unspecified atom stereocenters. The van der Waals surface area contributed by atoms with Crippen LogP contribution in [0, 0.1) is 0 Å². The monoisotopic (exact) mass is 259 g/mol. The predicted octanol–water partition coefficient (Wildman–Crippen LogP) is 4.28. The Hall–Kier alpha value is -1.45. The van der Waals surface area contributed by atoms with Gasteiger partial charge in [-0.3, -0.25) is 0 Å². The van der Waals surface area contributed by atoms with Crippen molar-refractivity contribution in [2.24, 2.45) is 0 Å². The van der Waals surface area contributed by atoms with Gasteiger partial charge in [0.25, 0.3) is 0 Å². The molecule has 0 aliphatic carbocycles. The molecule has 1 aliphatic heterocycles. The van der Waals surface area contributed by atoms with Gasteiger partial charge in [0.05, 0.1) is 11.4 Å². The maximum Gasteiger partial charge on any atom is 0.0526 e. The summed E-state index contributed by atoms with van der Waals surface area (Å²) in [7, 11) is 0. The van der Waals surface area contributed by atoms with Crippen molar-refractivity contribution < 1.29 is 5.11 Å². The molecule has 0 amide bonds. The molecule has 3 heteroatoms. The number of para-hydroxylation sites is 2. The third-order valence-corrected chi connectivity index (χ3v) is 3.64. The predicted molar refractivity (Wildman–Crippen MR) is 77.7 cm³/mol. The number of nitrogens with one attached hydrogen (secondary N) is 1. The molecule has 2 nitrogen and oxygen atoms in total. The summed E-state index contributed by atoms with van der Waals surface area (Å²) in [6.45, 7) is 2.25. The lowest BCUT2D eigenvalue weighted by atomic mass is 10.2. The third-order valence-electron chi connectivity index (χ3n) is 2.49. The smallest absolute Gasteiger partial charge is 0.0526 e. The van der Waals surface area contributed by atoms with E-state index in [4.69, 9.17) is 5.11 Å². The average Bonchev–Trinajstić information content (AvgIpc) is 2.45. The van der Waals surface area contributed by atoms with Crippen molar-refractivity contribution in [2.45, 2.75) is 23.1 Å². The molecular weight excluding hydrogens is 242 g/mol. The Kier molecular flexibility index (Phi) is 4.67. The number of aliphatic hydroxyl groups excluding tert-OH is 1. The second kappa shape index (κ2) is 6.47. The van der Waals surface area contributed by atoms with E-state index in [1.54, 1.807) is 0 Å². The van der Waals surface area contributed by atoms with Crippen LogP contribution < -0.4 is 5.32 Å². The SMILES string of the molecule is CCCO.c1ccc2c(c1)Nc1ccccc1S2. The highest BCUT2D eigenvalue weighted by Crippen LogP contribution is 2.43. The van der Waals surface area contributed by atoms with Gasteiger partial charge in [0.2, 0.25) is 0 Å². The van der Waals surface area contributed by atoms with Crippen molar-refractivity contribution >= 4 is 23.1 Å². The topological polar surface area (TPSA) is 32.3 Å². The van der Waals surface area contributed by atoms with Crippen LogP contribution in [0.4, 0.5) is 11.4 Å². The molecule has 0 fully saturated rings.